The van der Waals surface area contributed by atoms with Gasteiger partial charge in [-0.1, -0.05) is 0 Å². The maximum absolute atomic E-state index is 1.75. The number of hydrogen-bond donors (Lipinski definition) is 0. The van der Waals surface area contributed by atoms with Crippen molar-refractivity contribution in [2.45, 2.75) is 51.4 Å². The van der Waals surface area contributed by atoms with Crippen molar-refractivity contribution < 1.29 is 0 Å². The Balaban J connectivity index is 1.14. The molecule has 18 unspecified atom stereocenters. The lowest BCUT2D eigenvalue weighted by Crippen LogP contribution is -3.17. The predicted octanol–water partition coefficient (Wildman–Crippen LogP) is 4.84. The molecule has 0 heteroatoms. The molecule has 12 rings (SSSR count). The van der Waals surface area contributed by atoms with Gasteiger partial charge >= 0.3 is 0 Å². The minimum absolute atomic E-state index is 1.01. The Morgan fingerprint density at radius 3 is 1.35 bits per heavy atom. The van der Waals surface area contributed by atoms with Crippen molar-refractivity contribution in [3.05, 3.63) is 0 Å². The van der Waals surface area contributed by atoms with Gasteiger partial charge in [0, 0.05) is 0 Å². The van der Waals surface area contributed by atoms with Crippen LogP contribution in [0.4, 0.5) is 0 Å². The predicted molar refractivity (Wildman–Crippen MR) is 95.5 cm³/mol. The molecule has 0 aromatic heterocycles. The van der Waals surface area contributed by atoms with Crippen molar-refractivity contribution in [2.24, 2.45) is 105 Å². The van der Waals surface area contributed by atoms with Crippen LogP contribution in [-0.4, -0.2) is 0 Å². The van der Waals surface area contributed by atoms with Gasteiger partial charge < -0.3 is 0 Å². The normalized spacial score (nSPS) is 95.1. The van der Waals surface area contributed by atoms with Gasteiger partial charge in [0.05, 0.1) is 0 Å². The number of fused-ring (bicyclic) bond motifs is 15. The molecule has 12 aliphatic carbocycles. The maximum Gasteiger partial charge on any atom is -0.00966 e. The van der Waals surface area contributed by atoms with Crippen LogP contribution in [0.15, 0.2) is 0 Å². The summed E-state index contributed by atoms with van der Waals surface area (Å²) in [6, 6.07) is 0. The third-order valence-corrected chi connectivity index (χ3v) is 16.5. The Labute approximate surface area is 156 Å². The average molecular weight is 343 g/mol. The van der Waals surface area contributed by atoms with Crippen LogP contribution in [0.5, 0.6) is 0 Å². The van der Waals surface area contributed by atoms with Crippen LogP contribution in [-0.2, 0) is 0 Å². The number of hydrogen-bond acceptors (Lipinski definition) is 0. The highest BCUT2D eigenvalue weighted by Gasteiger charge is 3.17. The summed E-state index contributed by atoms with van der Waals surface area (Å²) in [6.07, 6.45) is 13.5. The summed E-state index contributed by atoms with van der Waals surface area (Å²) >= 11 is 0. The fourth-order valence-electron chi connectivity index (χ4n) is 17.1. The first kappa shape index (κ1) is 11.9. The van der Waals surface area contributed by atoms with Crippen molar-refractivity contribution in [2.75, 3.05) is 0 Å². The van der Waals surface area contributed by atoms with Gasteiger partial charge in [0.15, 0.2) is 0 Å². The zero-order chi connectivity index (χ0) is 15.7. The van der Waals surface area contributed by atoms with Crippen LogP contribution in [0.3, 0.4) is 0 Å². The SMILES string of the molecule is C1CC2C1C1C2C2C1C13CCC14C1C5CCC5C1C41C4C5CCC5C4C231. The highest BCUT2D eigenvalue weighted by molar-refractivity contribution is 5.63. The second-order valence-corrected chi connectivity index (χ2v) is 14.2. The summed E-state index contributed by atoms with van der Waals surface area (Å²) in [7, 11) is 0. The summed E-state index contributed by atoms with van der Waals surface area (Å²) in [5, 5.41) is 0. The van der Waals surface area contributed by atoms with Crippen molar-refractivity contribution in [1.29, 1.82) is 0 Å². The Morgan fingerprint density at radius 1 is 0.385 bits per heavy atom. The quantitative estimate of drug-likeness (QED) is 0.591. The number of rotatable bonds is 0. The summed E-state index contributed by atoms with van der Waals surface area (Å²) < 4.78 is 0. The molecular weight excluding hydrogens is 312 g/mol. The Bertz CT molecular complexity index is 911. The molecule has 0 bridgehead atoms. The van der Waals surface area contributed by atoms with Gasteiger partial charge in [-0.05, 0) is 156 Å². The molecular formula is C26H30. The van der Waals surface area contributed by atoms with Gasteiger partial charge in [-0.2, -0.15) is 0 Å². The molecule has 26 heavy (non-hydrogen) atoms. The molecule has 4 spiro atoms. The molecule has 0 amide bonds. The summed E-state index contributed by atoms with van der Waals surface area (Å²) in [4.78, 5) is 0. The van der Waals surface area contributed by atoms with Crippen LogP contribution in [0.1, 0.15) is 51.4 Å². The second kappa shape index (κ2) is 2.63. The fraction of sp³-hybridized carbons (Fsp3) is 1.00. The molecule has 0 heterocycles. The molecule has 18 atom stereocenters. The van der Waals surface area contributed by atoms with Gasteiger partial charge in [0.25, 0.3) is 0 Å². The summed E-state index contributed by atoms with van der Waals surface area (Å²) in [5.41, 5.74) is 4.07. The molecule has 0 nitrogen and oxygen atoms in total. The van der Waals surface area contributed by atoms with E-state index in [-0.39, 0.29) is 0 Å². The maximum atomic E-state index is 1.75. The van der Waals surface area contributed by atoms with Gasteiger partial charge in [-0.15, -0.1) is 0 Å². The Hall–Kier alpha value is 0. The minimum Gasteiger partial charge on any atom is -0.0496 e. The van der Waals surface area contributed by atoms with Gasteiger partial charge in [-0.3, -0.25) is 0 Å². The molecule has 134 valence electrons. The molecule has 12 saturated carbocycles. The topological polar surface area (TPSA) is 0 Å². The van der Waals surface area contributed by atoms with E-state index >= 15 is 0 Å². The lowest BCUT2D eigenvalue weighted by Gasteiger charge is -3.20. The van der Waals surface area contributed by atoms with E-state index in [1.54, 1.807) is 51.4 Å². The monoisotopic (exact) mass is 342 g/mol. The standard InChI is InChI=1S/C26H30/c1-2-10-9(1)15-16(10)22-21(15)24-8-7-23(24)17-11-3-4-12(11)18(17)25(23)19-13-5-6-14(13)20(19)26(22,24)25/h9-22H,1-8H2. The highest BCUT2D eigenvalue weighted by atomic mass is 15.2. The highest BCUT2D eigenvalue weighted by Crippen LogP contribution is 3.21. The van der Waals surface area contributed by atoms with E-state index in [1.165, 1.54) is 82.9 Å². The summed E-state index contributed by atoms with van der Waals surface area (Å²) in [5.74, 6) is 18.1. The van der Waals surface area contributed by atoms with E-state index in [0.717, 1.165) is 21.7 Å². The minimum atomic E-state index is 1.01. The lowest BCUT2D eigenvalue weighted by atomic mass is 8.83. The smallest absolute Gasteiger partial charge is 0.00966 e. The molecule has 0 aromatic carbocycles. The van der Waals surface area contributed by atoms with Crippen LogP contribution in [0, 0.1) is 105 Å². The first-order valence-corrected chi connectivity index (χ1v) is 12.9. The van der Waals surface area contributed by atoms with Gasteiger partial charge in [0.2, 0.25) is 0 Å². The first-order chi connectivity index (χ1) is 12.9. The molecule has 0 aromatic rings. The Morgan fingerprint density at radius 2 is 0.808 bits per heavy atom. The van der Waals surface area contributed by atoms with E-state index in [0.29, 0.717) is 0 Å². The molecule has 0 saturated heterocycles. The van der Waals surface area contributed by atoms with Crippen molar-refractivity contribution in [1.82, 2.24) is 0 Å². The average Bonchev–Trinajstić information content (AvgIpc) is 2.53. The van der Waals surface area contributed by atoms with E-state index in [1.807, 2.05) is 0 Å². The lowest BCUT2D eigenvalue weighted by molar-refractivity contribution is -0.740. The first-order valence-electron chi connectivity index (χ1n) is 12.9. The van der Waals surface area contributed by atoms with E-state index < -0.39 is 0 Å². The molecule has 12 aliphatic rings. The fourth-order valence-corrected chi connectivity index (χ4v) is 17.1. The van der Waals surface area contributed by atoms with Crippen LogP contribution in [0.25, 0.3) is 0 Å². The Kier molecular flexibility index (Phi) is 1.20. The molecule has 12 fully saturated rings. The zero-order valence-electron chi connectivity index (χ0n) is 15.7. The van der Waals surface area contributed by atoms with Gasteiger partial charge in [-0.25, -0.2) is 0 Å². The third kappa shape index (κ3) is 0.535. The molecule has 0 N–H and O–H groups in total. The third-order valence-electron chi connectivity index (χ3n) is 16.5. The largest absolute Gasteiger partial charge is 0.0496 e. The van der Waals surface area contributed by atoms with E-state index in [2.05, 4.69) is 0 Å². The van der Waals surface area contributed by atoms with Crippen molar-refractivity contribution >= 4 is 0 Å². The second-order valence-electron chi connectivity index (χ2n) is 14.2. The van der Waals surface area contributed by atoms with E-state index in [4.69, 9.17) is 0 Å². The van der Waals surface area contributed by atoms with Crippen LogP contribution >= 0.6 is 0 Å². The van der Waals surface area contributed by atoms with Crippen LogP contribution < -0.4 is 0 Å². The zero-order valence-corrected chi connectivity index (χ0v) is 15.7. The molecule has 0 radical (unpaired) electrons. The van der Waals surface area contributed by atoms with Crippen molar-refractivity contribution in [3.63, 3.8) is 0 Å². The van der Waals surface area contributed by atoms with Crippen molar-refractivity contribution in [3.8, 4) is 0 Å². The molecule has 0 aliphatic heterocycles. The van der Waals surface area contributed by atoms with E-state index in [9.17, 15) is 0 Å². The van der Waals surface area contributed by atoms with Gasteiger partial charge in [0.1, 0.15) is 0 Å². The summed E-state index contributed by atoms with van der Waals surface area (Å²) in [6.45, 7) is 0. The van der Waals surface area contributed by atoms with Crippen LogP contribution in [0.2, 0.25) is 0 Å².